The molecule has 2 fully saturated rings. The predicted molar refractivity (Wildman–Crippen MR) is 127 cm³/mol. The number of sulfone groups is 1. The summed E-state index contributed by atoms with van der Waals surface area (Å²) in [5.74, 6) is 1.47. The average Bonchev–Trinajstić information content (AvgIpc) is 3.27. The van der Waals surface area contributed by atoms with Gasteiger partial charge in [-0.2, -0.15) is 0 Å². The minimum Gasteiger partial charge on any atom is -0.378 e. The molecule has 1 N–H and O–H groups in total. The second-order valence-corrected chi connectivity index (χ2v) is 11.2. The standard InChI is InChI=1S/C24H30N4O3S/c1-32(29,30)23(17-5-3-2-4-6-17)21-16-22(28-11-13-31-14-12-28)27-24(26-21)19-7-8-20-18(15-19)9-10-25-20/h7-10,15-17,23,25H,2-6,11-14H2,1H3. The Kier molecular flexibility index (Phi) is 5.90. The van der Waals surface area contributed by atoms with E-state index in [-0.39, 0.29) is 5.92 Å². The fourth-order valence-corrected chi connectivity index (χ4v) is 6.65. The second kappa shape index (κ2) is 8.83. The normalized spacial score (nSPS) is 19.3. The lowest BCUT2D eigenvalue weighted by molar-refractivity contribution is 0.122. The Morgan fingerprint density at radius 3 is 2.59 bits per heavy atom. The Bertz CT molecular complexity index is 1190. The number of hydrogen-bond donors (Lipinski definition) is 1. The van der Waals surface area contributed by atoms with Crippen LogP contribution in [0, 0.1) is 5.92 Å². The first-order valence-electron chi connectivity index (χ1n) is 11.5. The van der Waals surface area contributed by atoms with E-state index in [1.165, 1.54) is 12.7 Å². The number of morpholine rings is 1. The quantitative estimate of drug-likeness (QED) is 0.624. The molecule has 0 spiro atoms. The lowest BCUT2D eigenvalue weighted by Gasteiger charge is -2.31. The zero-order chi connectivity index (χ0) is 22.1. The number of ether oxygens (including phenoxy) is 1. The van der Waals surface area contributed by atoms with Crippen LogP contribution in [0.3, 0.4) is 0 Å². The highest BCUT2D eigenvalue weighted by molar-refractivity contribution is 7.90. The van der Waals surface area contributed by atoms with E-state index in [2.05, 4.69) is 16.0 Å². The molecule has 0 bridgehead atoms. The molecule has 2 aliphatic rings. The molecule has 170 valence electrons. The molecule has 32 heavy (non-hydrogen) atoms. The number of nitrogens with zero attached hydrogens (tertiary/aromatic N) is 3. The monoisotopic (exact) mass is 454 g/mol. The predicted octanol–water partition coefficient (Wildman–Crippen LogP) is 4.13. The number of anilines is 1. The third-order valence-corrected chi connectivity index (χ3v) is 8.26. The lowest BCUT2D eigenvalue weighted by Crippen LogP contribution is -2.37. The summed E-state index contributed by atoms with van der Waals surface area (Å²) in [6.45, 7) is 2.75. The smallest absolute Gasteiger partial charge is 0.161 e. The molecule has 1 atom stereocenters. The highest BCUT2D eigenvalue weighted by Gasteiger charge is 2.35. The van der Waals surface area contributed by atoms with Gasteiger partial charge >= 0.3 is 0 Å². The number of hydrogen-bond acceptors (Lipinski definition) is 6. The molecule has 1 aliphatic heterocycles. The zero-order valence-electron chi connectivity index (χ0n) is 18.5. The molecule has 0 amide bonds. The van der Waals surface area contributed by atoms with Crippen molar-refractivity contribution in [1.82, 2.24) is 15.0 Å². The average molecular weight is 455 g/mol. The molecular weight excluding hydrogens is 424 g/mol. The number of benzene rings is 1. The second-order valence-electron chi connectivity index (χ2n) is 9.00. The van der Waals surface area contributed by atoms with E-state index in [1.54, 1.807) is 0 Å². The Balaban J connectivity index is 1.63. The van der Waals surface area contributed by atoms with Gasteiger partial charge < -0.3 is 14.6 Å². The molecule has 1 aliphatic carbocycles. The number of rotatable bonds is 5. The Morgan fingerprint density at radius 1 is 1.06 bits per heavy atom. The van der Waals surface area contributed by atoms with Gasteiger partial charge in [-0.25, -0.2) is 18.4 Å². The van der Waals surface area contributed by atoms with Crippen molar-refractivity contribution < 1.29 is 13.2 Å². The summed E-state index contributed by atoms with van der Waals surface area (Å²) < 4.78 is 31.5. The molecule has 0 radical (unpaired) electrons. The van der Waals surface area contributed by atoms with Crippen molar-refractivity contribution in [2.24, 2.45) is 5.92 Å². The van der Waals surface area contributed by atoms with Gasteiger partial charge in [0.25, 0.3) is 0 Å². The summed E-state index contributed by atoms with van der Waals surface area (Å²) in [4.78, 5) is 15.1. The van der Waals surface area contributed by atoms with Crippen LogP contribution in [0.5, 0.6) is 0 Å². The summed E-state index contributed by atoms with van der Waals surface area (Å²) in [6.07, 6.45) is 8.46. The highest BCUT2D eigenvalue weighted by Crippen LogP contribution is 2.40. The fraction of sp³-hybridized carbons (Fsp3) is 0.500. The first kappa shape index (κ1) is 21.4. The van der Waals surface area contributed by atoms with Crippen LogP contribution >= 0.6 is 0 Å². The number of fused-ring (bicyclic) bond motifs is 1. The number of nitrogens with one attached hydrogen (secondary N) is 1. The lowest BCUT2D eigenvalue weighted by atomic mass is 9.85. The van der Waals surface area contributed by atoms with Gasteiger partial charge in [-0.05, 0) is 43.0 Å². The van der Waals surface area contributed by atoms with Gasteiger partial charge in [-0.1, -0.05) is 19.3 Å². The molecule has 1 saturated heterocycles. The number of H-pyrrole nitrogens is 1. The van der Waals surface area contributed by atoms with Crippen molar-refractivity contribution in [1.29, 1.82) is 0 Å². The van der Waals surface area contributed by atoms with E-state index in [9.17, 15) is 8.42 Å². The van der Waals surface area contributed by atoms with Gasteiger partial charge in [0.2, 0.25) is 0 Å². The van der Waals surface area contributed by atoms with Crippen LogP contribution in [-0.4, -0.2) is 55.9 Å². The molecule has 2 aromatic heterocycles. The zero-order valence-corrected chi connectivity index (χ0v) is 19.3. The van der Waals surface area contributed by atoms with E-state index >= 15 is 0 Å². The van der Waals surface area contributed by atoms with Crippen LogP contribution in [0.1, 0.15) is 43.0 Å². The van der Waals surface area contributed by atoms with Crippen molar-refractivity contribution in [3.63, 3.8) is 0 Å². The Morgan fingerprint density at radius 2 is 1.84 bits per heavy atom. The van der Waals surface area contributed by atoms with E-state index in [1.807, 2.05) is 30.5 Å². The van der Waals surface area contributed by atoms with Crippen LogP contribution in [0.4, 0.5) is 5.82 Å². The molecule has 5 rings (SSSR count). The first-order valence-corrected chi connectivity index (χ1v) is 13.4. The minimum absolute atomic E-state index is 0.103. The van der Waals surface area contributed by atoms with Crippen molar-refractivity contribution in [3.8, 4) is 11.4 Å². The molecule has 3 heterocycles. The third-order valence-electron chi connectivity index (χ3n) is 6.71. The van der Waals surface area contributed by atoms with E-state index in [0.29, 0.717) is 24.7 Å². The molecule has 1 aromatic carbocycles. The number of aromatic amines is 1. The van der Waals surface area contributed by atoms with E-state index in [4.69, 9.17) is 14.7 Å². The van der Waals surface area contributed by atoms with Crippen LogP contribution in [-0.2, 0) is 14.6 Å². The SMILES string of the molecule is CS(=O)(=O)C(c1cc(N2CCOCC2)nc(-c2ccc3[nH]ccc3c2)n1)C1CCCCC1. The van der Waals surface area contributed by atoms with Gasteiger partial charge in [0.15, 0.2) is 15.7 Å². The minimum atomic E-state index is -3.33. The van der Waals surface area contributed by atoms with Crippen LogP contribution < -0.4 is 4.90 Å². The third kappa shape index (κ3) is 4.38. The maximum atomic E-state index is 13.0. The van der Waals surface area contributed by atoms with E-state index < -0.39 is 15.1 Å². The van der Waals surface area contributed by atoms with Gasteiger partial charge in [0.05, 0.1) is 18.9 Å². The Labute approximate surface area is 189 Å². The molecule has 7 nitrogen and oxygen atoms in total. The van der Waals surface area contributed by atoms with Crippen molar-refractivity contribution in [2.45, 2.75) is 37.4 Å². The van der Waals surface area contributed by atoms with Gasteiger partial charge in [0.1, 0.15) is 11.1 Å². The van der Waals surface area contributed by atoms with Crippen molar-refractivity contribution in [3.05, 3.63) is 42.2 Å². The van der Waals surface area contributed by atoms with Gasteiger partial charge in [-0.3, -0.25) is 0 Å². The van der Waals surface area contributed by atoms with Crippen LogP contribution in [0.2, 0.25) is 0 Å². The van der Waals surface area contributed by atoms with E-state index in [0.717, 1.165) is 61.1 Å². The first-order chi connectivity index (χ1) is 15.5. The maximum Gasteiger partial charge on any atom is 0.161 e. The van der Waals surface area contributed by atoms with Crippen LogP contribution in [0.15, 0.2) is 36.5 Å². The van der Waals surface area contributed by atoms with Gasteiger partial charge in [-0.15, -0.1) is 0 Å². The summed E-state index contributed by atoms with van der Waals surface area (Å²) >= 11 is 0. The maximum absolute atomic E-state index is 13.0. The molecule has 8 heteroatoms. The van der Waals surface area contributed by atoms with Crippen molar-refractivity contribution >= 4 is 26.6 Å². The summed E-state index contributed by atoms with van der Waals surface area (Å²) in [7, 11) is -3.33. The van der Waals surface area contributed by atoms with Gasteiger partial charge in [0, 0.05) is 48.1 Å². The van der Waals surface area contributed by atoms with Crippen molar-refractivity contribution in [2.75, 3.05) is 37.5 Å². The fourth-order valence-electron chi connectivity index (χ4n) is 5.12. The molecule has 1 unspecified atom stereocenters. The van der Waals surface area contributed by atoms with Crippen LogP contribution in [0.25, 0.3) is 22.3 Å². The topological polar surface area (TPSA) is 88.2 Å². The summed E-state index contributed by atoms with van der Waals surface area (Å²) in [5, 5.41) is 0.483. The Hall–Kier alpha value is -2.45. The summed E-state index contributed by atoms with van der Waals surface area (Å²) in [5.41, 5.74) is 2.57. The molecule has 1 saturated carbocycles. The molecular formula is C24H30N4O3S. The largest absolute Gasteiger partial charge is 0.378 e. The number of aromatic nitrogens is 3. The molecule has 3 aromatic rings. The highest BCUT2D eigenvalue weighted by atomic mass is 32.2. The summed E-state index contributed by atoms with van der Waals surface area (Å²) in [6, 6.07) is 10.0.